The topological polar surface area (TPSA) is 49.6 Å². The zero-order chi connectivity index (χ0) is 14.3. The molecule has 0 spiro atoms. The zero-order valence-electron chi connectivity index (χ0n) is 11.8. The first-order valence-electron chi connectivity index (χ1n) is 6.33. The van der Waals surface area contributed by atoms with Gasteiger partial charge in [-0.1, -0.05) is 30.0 Å². The maximum absolute atomic E-state index is 12.0. The third-order valence-corrected chi connectivity index (χ3v) is 2.88. The van der Waals surface area contributed by atoms with Crippen LogP contribution in [0.4, 0.5) is 4.79 Å². The van der Waals surface area contributed by atoms with Gasteiger partial charge in [-0.3, -0.25) is 0 Å². The molecule has 0 aliphatic heterocycles. The number of carbonyl (C=O) groups excluding carboxylic acids is 1. The molecule has 0 radical (unpaired) electrons. The van der Waals surface area contributed by atoms with Gasteiger partial charge in [0.1, 0.15) is 0 Å². The van der Waals surface area contributed by atoms with Crippen LogP contribution >= 0.6 is 0 Å². The van der Waals surface area contributed by atoms with Crippen LogP contribution in [0.1, 0.15) is 18.1 Å². The van der Waals surface area contributed by atoms with Crippen LogP contribution in [0.3, 0.4) is 0 Å². The second-order valence-electron chi connectivity index (χ2n) is 4.32. The zero-order valence-corrected chi connectivity index (χ0v) is 11.8. The van der Waals surface area contributed by atoms with Crippen LogP contribution in [0.15, 0.2) is 24.3 Å². The third kappa shape index (κ3) is 4.31. The molecular weight excluding hydrogens is 238 g/mol. The number of nitrogens with zero attached hydrogens (tertiary/aromatic N) is 2. The molecule has 1 rings (SSSR count). The molecule has 0 heterocycles. The molecule has 19 heavy (non-hydrogen) atoms. The minimum Gasteiger partial charge on any atom is -0.328 e. The number of benzene rings is 1. The molecule has 0 aliphatic carbocycles. The molecule has 2 N–H and O–H groups in total. The monoisotopic (exact) mass is 259 g/mol. The van der Waals surface area contributed by atoms with E-state index in [9.17, 15) is 4.79 Å². The molecule has 102 valence electrons. The molecule has 4 heteroatoms. The smallest absolute Gasteiger partial charge is 0.319 e. The van der Waals surface area contributed by atoms with Crippen LogP contribution in [0.25, 0.3) is 0 Å². The number of nitrogens with two attached hydrogens (primary N) is 1. The number of urea groups is 1. The van der Waals surface area contributed by atoms with Gasteiger partial charge in [-0.05, 0) is 18.6 Å². The van der Waals surface area contributed by atoms with Crippen molar-refractivity contribution in [3.63, 3.8) is 0 Å². The summed E-state index contributed by atoms with van der Waals surface area (Å²) in [6.45, 7) is 3.52. The quantitative estimate of drug-likeness (QED) is 0.836. The average molecular weight is 259 g/mol. The largest absolute Gasteiger partial charge is 0.328 e. The lowest BCUT2D eigenvalue weighted by Gasteiger charge is -2.24. The van der Waals surface area contributed by atoms with Crippen LogP contribution < -0.4 is 5.73 Å². The summed E-state index contributed by atoms with van der Waals surface area (Å²) in [5.41, 5.74) is 7.34. The summed E-state index contributed by atoms with van der Waals surface area (Å²) in [5.74, 6) is 5.88. The highest BCUT2D eigenvalue weighted by molar-refractivity contribution is 5.73. The van der Waals surface area contributed by atoms with E-state index in [1.807, 2.05) is 31.2 Å². The Morgan fingerprint density at radius 3 is 2.58 bits per heavy atom. The van der Waals surface area contributed by atoms with Gasteiger partial charge in [-0.2, -0.15) is 0 Å². The first kappa shape index (κ1) is 15.1. The second kappa shape index (κ2) is 7.45. The first-order valence-corrected chi connectivity index (χ1v) is 6.33. The Hall–Kier alpha value is -1.99. The Labute approximate surface area is 115 Å². The fourth-order valence-corrected chi connectivity index (χ4v) is 1.68. The second-order valence-corrected chi connectivity index (χ2v) is 4.32. The molecule has 0 unspecified atom stereocenters. The normalized spacial score (nSPS) is 9.47. The number of carbonyl (C=O) groups is 1. The number of hydrogen-bond acceptors (Lipinski definition) is 2. The van der Waals surface area contributed by atoms with E-state index in [2.05, 4.69) is 11.8 Å². The van der Waals surface area contributed by atoms with Crippen molar-refractivity contribution in [3.05, 3.63) is 35.4 Å². The Balaban J connectivity index is 2.84. The Kier molecular flexibility index (Phi) is 5.91. The predicted molar refractivity (Wildman–Crippen MR) is 77.5 cm³/mol. The van der Waals surface area contributed by atoms with Gasteiger partial charge >= 0.3 is 6.03 Å². The van der Waals surface area contributed by atoms with E-state index in [1.165, 1.54) is 0 Å². The minimum absolute atomic E-state index is 0.00378. The molecular formula is C15H21N3O. The molecule has 0 saturated heterocycles. The fraction of sp³-hybridized carbons (Fsp3) is 0.400. The van der Waals surface area contributed by atoms with E-state index < -0.39 is 0 Å². The molecule has 1 aromatic carbocycles. The number of amides is 2. The highest BCUT2D eigenvalue weighted by Crippen LogP contribution is 2.10. The van der Waals surface area contributed by atoms with Crippen LogP contribution in [0.5, 0.6) is 0 Å². The van der Waals surface area contributed by atoms with Crippen LogP contribution in [-0.4, -0.2) is 43.0 Å². The van der Waals surface area contributed by atoms with E-state index in [0.29, 0.717) is 19.6 Å². The van der Waals surface area contributed by atoms with Gasteiger partial charge in [0.2, 0.25) is 0 Å². The summed E-state index contributed by atoms with van der Waals surface area (Å²) in [7, 11) is 3.58. The van der Waals surface area contributed by atoms with E-state index in [-0.39, 0.29) is 6.03 Å². The summed E-state index contributed by atoms with van der Waals surface area (Å²) < 4.78 is 0. The SMILES string of the molecule is CCN(C)C(=O)N(C)Cc1ccccc1C#CCN. The Morgan fingerprint density at radius 1 is 1.26 bits per heavy atom. The Bertz CT molecular complexity index is 488. The molecule has 0 atom stereocenters. The van der Waals surface area contributed by atoms with Gasteiger partial charge < -0.3 is 15.5 Å². The lowest BCUT2D eigenvalue weighted by atomic mass is 10.1. The maximum Gasteiger partial charge on any atom is 0.319 e. The summed E-state index contributed by atoms with van der Waals surface area (Å²) >= 11 is 0. The van der Waals surface area contributed by atoms with Crippen molar-refractivity contribution in [1.29, 1.82) is 0 Å². The first-order chi connectivity index (χ1) is 9.10. The van der Waals surface area contributed by atoms with Crippen molar-refractivity contribution in [2.45, 2.75) is 13.5 Å². The van der Waals surface area contributed by atoms with Crippen molar-refractivity contribution in [3.8, 4) is 11.8 Å². The molecule has 0 aliphatic rings. The summed E-state index contributed by atoms with van der Waals surface area (Å²) in [4.78, 5) is 15.4. The van der Waals surface area contributed by atoms with Crippen molar-refractivity contribution < 1.29 is 4.79 Å². The summed E-state index contributed by atoms with van der Waals surface area (Å²) in [5, 5.41) is 0. The summed E-state index contributed by atoms with van der Waals surface area (Å²) in [6, 6.07) is 7.81. The van der Waals surface area contributed by atoms with Gasteiger partial charge in [-0.25, -0.2) is 4.79 Å². The number of rotatable bonds is 3. The van der Waals surface area contributed by atoms with Crippen molar-refractivity contribution in [2.24, 2.45) is 5.73 Å². The average Bonchev–Trinajstić information content (AvgIpc) is 2.44. The number of hydrogen-bond donors (Lipinski definition) is 1. The molecule has 1 aromatic rings. The van der Waals surface area contributed by atoms with Crippen LogP contribution in [0.2, 0.25) is 0 Å². The highest BCUT2D eigenvalue weighted by Gasteiger charge is 2.13. The van der Waals surface area contributed by atoms with E-state index in [1.54, 1.807) is 23.9 Å². The van der Waals surface area contributed by atoms with Gasteiger partial charge in [0.05, 0.1) is 6.54 Å². The van der Waals surface area contributed by atoms with Gasteiger partial charge in [0, 0.05) is 32.7 Å². The van der Waals surface area contributed by atoms with Crippen molar-refractivity contribution in [2.75, 3.05) is 27.2 Å². The molecule has 0 bridgehead atoms. The highest BCUT2D eigenvalue weighted by atomic mass is 16.2. The lowest BCUT2D eigenvalue weighted by molar-refractivity contribution is 0.173. The van der Waals surface area contributed by atoms with Gasteiger partial charge in [0.25, 0.3) is 0 Å². The molecule has 0 fully saturated rings. The van der Waals surface area contributed by atoms with Gasteiger partial charge in [-0.15, -0.1) is 0 Å². The maximum atomic E-state index is 12.0. The summed E-state index contributed by atoms with van der Waals surface area (Å²) in [6.07, 6.45) is 0. The van der Waals surface area contributed by atoms with E-state index in [4.69, 9.17) is 5.73 Å². The predicted octanol–water partition coefficient (Wildman–Crippen LogP) is 1.50. The molecule has 4 nitrogen and oxygen atoms in total. The lowest BCUT2D eigenvalue weighted by Crippen LogP contribution is -2.38. The molecule has 2 amide bonds. The van der Waals surface area contributed by atoms with E-state index >= 15 is 0 Å². The Morgan fingerprint density at radius 2 is 1.95 bits per heavy atom. The molecule has 0 aromatic heterocycles. The van der Waals surface area contributed by atoms with Gasteiger partial charge in [0.15, 0.2) is 0 Å². The van der Waals surface area contributed by atoms with Crippen LogP contribution in [-0.2, 0) is 6.54 Å². The third-order valence-electron chi connectivity index (χ3n) is 2.88. The standard InChI is InChI=1S/C15H21N3O/c1-4-17(2)15(19)18(3)12-14-9-6-5-8-13(14)10-7-11-16/h5-6,8-9H,4,11-12,16H2,1-3H3. The minimum atomic E-state index is 0.00378. The van der Waals surface area contributed by atoms with Crippen LogP contribution in [0, 0.1) is 11.8 Å². The van der Waals surface area contributed by atoms with Crippen molar-refractivity contribution >= 4 is 6.03 Å². The fourth-order valence-electron chi connectivity index (χ4n) is 1.68. The van der Waals surface area contributed by atoms with E-state index in [0.717, 1.165) is 11.1 Å². The van der Waals surface area contributed by atoms with Crippen molar-refractivity contribution in [1.82, 2.24) is 9.80 Å². The molecule has 0 saturated carbocycles.